The van der Waals surface area contributed by atoms with Crippen molar-refractivity contribution in [2.24, 2.45) is 0 Å². The Morgan fingerprint density at radius 2 is 1.76 bits per heavy atom. The number of hydrogen-bond acceptors (Lipinski definition) is 1. The quantitative estimate of drug-likeness (QED) is 0.770. The molecule has 1 unspecified atom stereocenters. The molecule has 0 amide bonds. The number of hydrogen-bond donors (Lipinski definition) is 1. The summed E-state index contributed by atoms with van der Waals surface area (Å²) in [4.78, 5) is 0. The van der Waals surface area contributed by atoms with Crippen LogP contribution in [0.25, 0.3) is 0 Å². The van der Waals surface area contributed by atoms with Gasteiger partial charge in [0, 0.05) is 5.69 Å². The largest absolute Gasteiger partial charge is 0.377 e. The fourth-order valence-electron chi connectivity index (χ4n) is 2.55. The van der Waals surface area contributed by atoms with E-state index < -0.39 is 0 Å². The number of aryl methyl sites for hydroxylation is 2. The number of anilines is 1. The van der Waals surface area contributed by atoms with E-state index in [1.165, 1.54) is 27.9 Å². The third-order valence-electron chi connectivity index (χ3n) is 3.58. The summed E-state index contributed by atoms with van der Waals surface area (Å²) in [6, 6.07) is 15.8. The van der Waals surface area contributed by atoms with E-state index in [0.717, 1.165) is 6.42 Å². The van der Waals surface area contributed by atoms with Gasteiger partial charge in [0.15, 0.2) is 0 Å². The van der Waals surface area contributed by atoms with E-state index in [1.54, 1.807) is 0 Å². The van der Waals surface area contributed by atoms with Gasteiger partial charge in [-0.2, -0.15) is 0 Å². The van der Waals surface area contributed by atoms with Gasteiger partial charge >= 0.3 is 0 Å². The molecule has 0 aromatic heterocycles. The number of fused-ring (bicyclic) bond motifs is 1. The van der Waals surface area contributed by atoms with Crippen LogP contribution in [0.3, 0.4) is 0 Å². The van der Waals surface area contributed by atoms with E-state index in [-0.39, 0.29) is 0 Å². The highest BCUT2D eigenvalue weighted by atomic mass is 15.0. The molecule has 0 aliphatic carbocycles. The summed E-state index contributed by atoms with van der Waals surface area (Å²) >= 11 is 0. The molecule has 17 heavy (non-hydrogen) atoms. The van der Waals surface area contributed by atoms with Gasteiger partial charge in [0.2, 0.25) is 0 Å². The molecule has 0 radical (unpaired) electrons. The molecule has 0 bridgehead atoms. The van der Waals surface area contributed by atoms with E-state index in [4.69, 9.17) is 0 Å². The van der Waals surface area contributed by atoms with Crippen molar-refractivity contribution in [1.29, 1.82) is 0 Å². The van der Waals surface area contributed by atoms with E-state index >= 15 is 0 Å². The summed E-state index contributed by atoms with van der Waals surface area (Å²) in [6.07, 6.45) is 1.10. The predicted molar refractivity (Wildman–Crippen MR) is 72.4 cm³/mol. The summed E-state index contributed by atoms with van der Waals surface area (Å²) in [5.41, 5.74) is 6.82. The SMILES string of the molecule is Cc1ccc(C2Cc3cccc(C)c3N2)cc1. The topological polar surface area (TPSA) is 12.0 Å². The van der Waals surface area contributed by atoms with Gasteiger partial charge < -0.3 is 5.32 Å². The zero-order valence-electron chi connectivity index (χ0n) is 10.3. The molecule has 86 valence electrons. The second-order valence-electron chi connectivity index (χ2n) is 4.92. The predicted octanol–water partition coefficient (Wildman–Crippen LogP) is 4.01. The van der Waals surface area contributed by atoms with Gasteiger partial charge in [-0.05, 0) is 37.0 Å². The van der Waals surface area contributed by atoms with E-state index in [9.17, 15) is 0 Å². The molecule has 2 aromatic carbocycles. The maximum atomic E-state index is 3.64. The molecular formula is C16H17N. The Morgan fingerprint density at radius 1 is 1.00 bits per heavy atom. The first kappa shape index (κ1) is 10.4. The first-order valence-corrected chi connectivity index (χ1v) is 6.15. The van der Waals surface area contributed by atoms with E-state index in [1.807, 2.05) is 0 Å². The normalized spacial score (nSPS) is 17.6. The van der Waals surface area contributed by atoms with Crippen LogP contribution < -0.4 is 5.32 Å². The van der Waals surface area contributed by atoms with Crippen LogP contribution in [-0.4, -0.2) is 0 Å². The van der Waals surface area contributed by atoms with Crippen LogP contribution in [0.1, 0.15) is 28.3 Å². The lowest BCUT2D eigenvalue weighted by Crippen LogP contribution is -2.05. The van der Waals surface area contributed by atoms with Gasteiger partial charge in [-0.15, -0.1) is 0 Å². The zero-order chi connectivity index (χ0) is 11.8. The van der Waals surface area contributed by atoms with Crippen molar-refractivity contribution in [3.05, 3.63) is 64.7 Å². The highest BCUT2D eigenvalue weighted by molar-refractivity contribution is 5.62. The lowest BCUT2D eigenvalue weighted by atomic mass is 10.0. The van der Waals surface area contributed by atoms with Gasteiger partial charge in [-0.1, -0.05) is 48.0 Å². The maximum Gasteiger partial charge on any atom is 0.0555 e. The van der Waals surface area contributed by atoms with Crippen molar-refractivity contribution in [3.8, 4) is 0 Å². The molecule has 0 saturated carbocycles. The highest BCUT2D eigenvalue weighted by Crippen LogP contribution is 2.36. The number of benzene rings is 2. The van der Waals surface area contributed by atoms with Crippen molar-refractivity contribution in [1.82, 2.24) is 0 Å². The third kappa shape index (κ3) is 1.82. The average Bonchev–Trinajstić information content (AvgIpc) is 2.75. The molecule has 3 rings (SSSR count). The molecule has 0 spiro atoms. The third-order valence-corrected chi connectivity index (χ3v) is 3.58. The Kier molecular flexibility index (Phi) is 2.40. The Morgan fingerprint density at radius 3 is 2.47 bits per heavy atom. The Bertz CT molecular complexity index is 540. The van der Waals surface area contributed by atoms with Crippen LogP contribution in [0.4, 0.5) is 5.69 Å². The van der Waals surface area contributed by atoms with Crippen molar-refractivity contribution < 1.29 is 0 Å². The second-order valence-corrected chi connectivity index (χ2v) is 4.92. The minimum absolute atomic E-state index is 0.437. The van der Waals surface area contributed by atoms with Gasteiger partial charge in [0.05, 0.1) is 6.04 Å². The standard InChI is InChI=1S/C16H17N/c1-11-6-8-13(9-7-11)15-10-14-5-3-4-12(2)16(14)17-15/h3-9,15,17H,10H2,1-2H3. The number of para-hydroxylation sites is 1. The van der Waals surface area contributed by atoms with Crippen molar-refractivity contribution in [2.75, 3.05) is 5.32 Å². The van der Waals surface area contributed by atoms with Gasteiger partial charge in [0.1, 0.15) is 0 Å². The Balaban J connectivity index is 1.91. The molecular weight excluding hydrogens is 206 g/mol. The number of nitrogens with one attached hydrogen (secondary N) is 1. The van der Waals surface area contributed by atoms with Gasteiger partial charge in [-0.3, -0.25) is 0 Å². The van der Waals surface area contributed by atoms with Crippen molar-refractivity contribution in [2.45, 2.75) is 26.3 Å². The summed E-state index contributed by atoms with van der Waals surface area (Å²) in [6.45, 7) is 4.30. The lowest BCUT2D eigenvalue weighted by Gasteiger charge is -2.12. The average molecular weight is 223 g/mol. The minimum Gasteiger partial charge on any atom is -0.377 e. The van der Waals surface area contributed by atoms with Crippen molar-refractivity contribution in [3.63, 3.8) is 0 Å². The fourth-order valence-corrected chi connectivity index (χ4v) is 2.55. The van der Waals surface area contributed by atoms with Crippen LogP contribution in [-0.2, 0) is 6.42 Å². The van der Waals surface area contributed by atoms with Gasteiger partial charge in [-0.25, -0.2) is 0 Å². The summed E-state index contributed by atoms with van der Waals surface area (Å²) < 4.78 is 0. The van der Waals surface area contributed by atoms with Crippen molar-refractivity contribution >= 4 is 5.69 Å². The summed E-state index contributed by atoms with van der Waals surface area (Å²) in [5.74, 6) is 0. The van der Waals surface area contributed by atoms with Crippen LogP contribution in [0.15, 0.2) is 42.5 Å². The maximum absolute atomic E-state index is 3.64. The highest BCUT2D eigenvalue weighted by Gasteiger charge is 2.22. The van der Waals surface area contributed by atoms with Crippen LogP contribution in [0.5, 0.6) is 0 Å². The summed E-state index contributed by atoms with van der Waals surface area (Å²) in [5, 5.41) is 3.64. The van der Waals surface area contributed by atoms with E-state index in [0.29, 0.717) is 6.04 Å². The minimum atomic E-state index is 0.437. The first-order valence-electron chi connectivity index (χ1n) is 6.15. The fraction of sp³-hybridized carbons (Fsp3) is 0.250. The van der Waals surface area contributed by atoms with Crippen LogP contribution >= 0.6 is 0 Å². The van der Waals surface area contributed by atoms with Crippen LogP contribution in [0.2, 0.25) is 0 Å². The Hall–Kier alpha value is -1.76. The molecule has 1 nitrogen and oxygen atoms in total. The molecule has 1 N–H and O–H groups in total. The van der Waals surface area contributed by atoms with Crippen LogP contribution in [0, 0.1) is 13.8 Å². The molecule has 1 aliphatic rings. The second kappa shape index (κ2) is 3.92. The van der Waals surface area contributed by atoms with Gasteiger partial charge in [0.25, 0.3) is 0 Å². The molecule has 0 fully saturated rings. The lowest BCUT2D eigenvalue weighted by molar-refractivity contribution is 0.823. The zero-order valence-corrected chi connectivity index (χ0v) is 10.3. The monoisotopic (exact) mass is 223 g/mol. The molecule has 0 saturated heterocycles. The Labute approximate surface area is 102 Å². The number of rotatable bonds is 1. The molecule has 1 heterocycles. The molecule has 1 atom stereocenters. The summed E-state index contributed by atoms with van der Waals surface area (Å²) in [7, 11) is 0. The molecule has 1 heteroatoms. The van der Waals surface area contributed by atoms with E-state index in [2.05, 4.69) is 61.6 Å². The first-order chi connectivity index (χ1) is 8.24. The molecule has 2 aromatic rings. The smallest absolute Gasteiger partial charge is 0.0555 e. The molecule has 1 aliphatic heterocycles.